The van der Waals surface area contributed by atoms with Crippen molar-refractivity contribution >= 4 is 38.4 Å². The molecule has 3 heterocycles. The number of hydrogen-bond donors (Lipinski definition) is 0. The minimum atomic E-state index is 0.757. The van der Waals surface area contributed by atoms with E-state index in [9.17, 15) is 0 Å². The number of benzene rings is 1. The molecule has 2 saturated heterocycles. The highest BCUT2D eigenvalue weighted by Crippen LogP contribution is 2.32. The summed E-state index contributed by atoms with van der Waals surface area (Å²) < 4.78 is 1.30. The number of hydrogen-bond acceptors (Lipinski definition) is 5. The minimum absolute atomic E-state index is 0.757. The standard InChI is InChI=1S/C14H17N3S2/c1-2-4-13-12(3-1)15-14(19-13)17-9-11(10-17)16-5-7-18-8-6-16/h1-4,11H,5-10H2. The Kier molecular flexibility index (Phi) is 3.13. The number of aromatic nitrogens is 1. The summed E-state index contributed by atoms with van der Waals surface area (Å²) in [6, 6.07) is 9.18. The van der Waals surface area contributed by atoms with Crippen LogP contribution in [0.25, 0.3) is 10.2 Å². The second kappa shape index (κ2) is 4.96. The number of rotatable bonds is 2. The molecule has 2 aliphatic rings. The van der Waals surface area contributed by atoms with Gasteiger partial charge in [0, 0.05) is 43.7 Å². The topological polar surface area (TPSA) is 19.4 Å². The number of thiazole rings is 1. The maximum Gasteiger partial charge on any atom is 0.186 e. The summed E-state index contributed by atoms with van der Waals surface area (Å²) in [6.07, 6.45) is 0. The van der Waals surface area contributed by atoms with Crippen LogP contribution in [0.15, 0.2) is 24.3 Å². The van der Waals surface area contributed by atoms with Crippen molar-refractivity contribution in [2.24, 2.45) is 0 Å². The van der Waals surface area contributed by atoms with Gasteiger partial charge >= 0.3 is 0 Å². The molecule has 100 valence electrons. The zero-order valence-electron chi connectivity index (χ0n) is 10.8. The maximum absolute atomic E-state index is 4.74. The Morgan fingerprint density at radius 3 is 2.68 bits per heavy atom. The number of nitrogens with zero attached hydrogens (tertiary/aromatic N) is 3. The summed E-state index contributed by atoms with van der Waals surface area (Å²) in [6.45, 7) is 4.85. The molecule has 4 rings (SSSR count). The maximum atomic E-state index is 4.74. The molecule has 0 atom stereocenters. The summed E-state index contributed by atoms with van der Waals surface area (Å²) in [5, 5.41) is 1.20. The predicted octanol–water partition coefficient (Wildman–Crippen LogP) is 2.53. The van der Waals surface area contributed by atoms with Gasteiger partial charge in [-0.3, -0.25) is 4.90 Å². The summed E-state index contributed by atoms with van der Waals surface area (Å²) in [5.41, 5.74) is 1.14. The van der Waals surface area contributed by atoms with E-state index in [-0.39, 0.29) is 0 Å². The van der Waals surface area contributed by atoms with Crippen LogP contribution in [0.2, 0.25) is 0 Å². The van der Waals surface area contributed by atoms with E-state index in [2.05, 4.69) is 45.8 Å². The van der Waals surface area contributed by atoms with E-state index < -0.39 is 0 Å². The lowest BCUT2D eigenvalue weighted by atomic mass is 10.1. The molecule has 0 N–H and O–H groups in total. The van der Waals surface area contributed by atoms with E-state index >= 15 is 0 Å². The van der Waals surface area contributed by atoms with Gasteiger partial charge in [-0.25, -0.2) is 4.98 Å². The first-order valence-corrected chi connectivity index (χ1v) is 8.79. The molecular weight excluding hydrogens is 274 g/mol. The molecule has 0 amide bonds. The predicted molar refractivity (Wildman–Crippen MR) is 84.5 cm³/mol. The highest BCUT2D eigenvalue weighted by atomic mass is 32.2. The molecule has 0 aliphatic carbocycles. The number of para-hydroxylation sites is 1. The van der Waals surface area contributed by atoms with Gasteiger partial charge in [0.25, 0.3) is 0 Å². The third kappa shape index (κ3) is 2.24. The molecule has 1 aromatic carbocycles. The van der Waals surface area contributed by atoms with Gasteiger partial charge in [-0.15, -0.1) is 0 Å². The van der Waals surface area contributed by atoms with Crippen LogP contribution in [0.5, 0.6) is 0 Å². The fourth-order valence-corrected chi connectivity index (χ4v) is 4.70. The highest BCUT2D eigenvalue weighted by molar-refractivity contribution is 7.99. The molecule has 19 heavy (non-hydrogen) atoms. The van der Waals surface area contributed by atoms with Crippen molar-refractivity contribution in [3.8, 4) is 0 Å². The Morgan fingerprint density at radius 2 is 1.89 bits per heavy atom. The Bertz CT molecular complexity index is 538. The first kappa shape index (κ1) is 12.0. The van der Waals surface area contributed by atoms with Crippen molar-refractivity contribution in [2.75, 3.05) is 42.6 Å². The van der Waals surface area contributed by atoms with Gasteiger partial charge in [-0.1, -0.05) is 23.5 Å². The lowest BCUT2D eigenvalue weighted by Crippen LogP contribution is -2.61. The van der Waals surface area contributed by atoms with E-state index in [1.54, 1.807) is 0 Å². The molecule has 0 spiro atoms. The molecule has 5 heteroatoms. The van der Waals surface area contributed by atoms with Crippen LogP contribution < -0.4 is 4.90 Å². The first-order valence-electron chi connectivity index (χ1n) is 6.82. The van der Waals surface area contributed by atoms with Crippen molar-refractivity contribution in [2.45, 2.75) is 6.04 Å². The average Bonchev–Trinajstić information content (AvgIpc) is 2.81. The van der Waals surface area contributed by atoms with Gasteiger partial charge in [0.2, 0.25) is 0 Å². The molecule has 2 aromatic rings. The van der Waals surface area contributed by atoms with Gasteiger partial charge in [0.05, 0.1) is 10.2 Å². The van der Waals surface area contributed by atoms with Crippen LogP contribution in [0, 0.1) is 0 Å². The molecule has 2 aliphatic heterocycles. The SMILES string of the molecule is c1ccc2sc(N3CC(N4CCSCC4)C3)nc2c1. The minimum Gasteiger partial charge on any atom is -0.345 e. The lowest BCUT2D eigenvalue weighted by molar-refractivity contribution is 0.183. The van der Waals surface area contributed by atoms with Gasteiger partial charge in [0.15, 0.2) is 5.13 Å². The number of anilines is 1. The third-order valence-corrected chi connectivity index (χ3v) is 6.02. The van der Waals surface area contributed by atoms with Crippen LogP contribution in [0.4, 0.5) is 5.13 Å². The van der Waals surface area contributed by atoms with Crippen molar-refractivity contribution in [1.82, 2.24) is 9.88 Å². The van der Waals surface area contributed by atoms with Crippen molar-refractivity contribution in [3.05, 3.63) is 24.3 Å². The van der Waals surface area contributed by atoms with Crippen LogP contribution in [-0.4, -0.2) is 53.6 Å². The largest absolute Gasteiger partial charge is 0.345 e. The molecule has 0 radical (unpaired) electrons. The third-order valence-electron chi connectivity index (χ3n) is 3.98. The van der Waals surface area contributed by atoms with Crippen LogP contribution in [0.3, 0.4) is 0 Å². The molecular formula is C14H17N3S2. The van der Waals surface area contributed by atoms with E-state index in [0.717, 1.165) is 24.6 Å². The normalized spacial score (nSPS) is 21.8. The number of thioether (sulfide) groups is 1. The van der Waals surface area contributed by atoms with Gasteiger partial charge in [-0.2, -0.15) is 11.8 Å². The van der Waals surface area contributed by atoms with Crippen molar-refractivity contribution < 1.29 is 0 Å². The Morgan fingerprint density at radius 1 is 1.11 bits per heavy atom. The van der Waals surface area contributed by atoms with Gasteiger partial charge < -0.3 is 4.90 Å². The molecule has 0 saturated carbocycles. The number of fused-ring (bicyclic) bond motifs is 1. The smallest absolute Gasteiger partial charge is 0.186 e. The van der Waals surface area contributed by atoms with E-state index in [1.807, 2.05) is 11.3 Å². The zero-order chi connectivity index (χ0) is 12.7. The molecule has 3 nitrogen and oxygen atoms in total. The van der Waals surface area contributed by atoms with E-state index in [0.29, 0.717) is 0 Å². The average molecular weight is 291 g/mol. The fourth-order valence-electron chi connectivity index (χ4n) is 2.78. The quantitative estimate of drug-likeness (QED) is 0.846. The summed E-state index contributed by atoms with van der Waals surface area (Å²) >= 11 is 3.91. The Hall–Kier alpha value is -0.780. The van der Waals surface area contributed by atoms with Crippen molar-refractivity contribution in [1.29, 1.82) is 0 Å². The lowest BCUT2D eigenvalue weighted by Gasteiger charge is -2.46. The zero-order valence-corrected chi connectivity index (χ0v) is 12.4. The molecule has 0 bridgehead atoms. The van der Waals surface area contributed by atoms with Crippen molar-refractivity contribution in [3.63, 3.8) is 0 Å². The van der Waals surface area contributed by atoms with E-state index in [1.165, 1.54) is 34.4 Å². The fraction of sp³-hybridized carbons (Fsp3) is 0.500. The van der Waals surface area contributed by atoms with E-state index in [4.69, 9.17) is 4.98 Å². The van der Waals surface area contributed by atoms with Crippen LogP contribution >= 0.6 is 23.1 Å². The second-order valence-electron chi connectivity index (χ2n) is 5.17. The Balaban J connectivity index is 1.44. The molecule has 1 aromatic heterocycles. The highest BCUT2D eigenvalue weighted by Gasteiger charge is 2.33. The van der Waals surface area contributed by atoms with Crippen LogP contribution in [0.1, 0.15) is 0 Å². The monoisotopic (exact) mass is 291 g/mol. The Labute approximate surface area is 121 Å². The first-order chi connectivity index (χ1) is 9.40. The van der Waals surface area contributed by atoms with Crippen LogP contribution in [-0.2, 0) is 0 Å². The molecule has 0 unspecified atom stereocenters. The van der Waals surface area contributed by atoms with Gasteiger partial charge in [-0.05, 0) is 12.1 Å². The summed E-state index contributed by atoms with van der Waals surface area (Å²) in [7, 11) is 0. The van der Waals surface area contributed by atoms with Gasteiger partial charge in [0.1, 0.15) is 0 Å². The molecule has 2 fully saturated rings. The summed E-state index contributed by atoms with van der Waals surface area (Å²) in [5.74, 6) is 2.61. The second-order valence-corrected chi connectivity index (χ2v) is 7.41. The summed E-state index contributed by atoms with van der Waals surface area (Å²) in [4.78, 5) is 9.82.